The number of fused-ring (bicyclic) bond motifs is 2. The van der Waals surface area contributed by atoms with Crippen LogP contribution in [0, 0.1) is 0 Å². The van der Waals surface area contributed by atoms with Crippen molar-refractivity contribution in [2.24, 2.45) is 0 Å². The van der Waals surface area contributed by atoms with Crippen molar-refractivity contribution >= 4 is 29.4 Å². The van der Waals surface area contributed by atoms with E-state index in [1.807, 2.05) is 0 Å². The summed E-state index contributed by atoms with van der Waals surface area (Å²) in [6.45, 7) is 0. The van der Waals surface area contributed by atoms with Gasteiger partial charge in [0.05, 0.1) is 0 Å². The van der Waals surface area contributed by atoms with Crippen molar-refractivity contribution in [3.8, 4) is 11.1 Å². The summed E-state index contributed by atoms with van der Waals surface area (Å²) < 4.78 is 8.55. The van der Waals surface area contributed by atoms with E-state index < -0.39 is 7.82 Å². The third kappa shape index (κ3) is 7.28. The third-order valence-electron chi connectivity index (χ3n) is 3.87. The van der Waals surface area contributed by atoms with Gasteiger partial charge >= 0.3 is 56.6 Å². The van der Waals surface area contributed by atoms with E-state index in [9.17, 15) is 0 Å². The molecule has 0 amide bonds. The number of hydrogen-bond donors (Lipinski definition) is 0. The molecule has 0 aromatic heterocycles. The molecule has 0 aliphatic carbocycles. The molecule has 4 nitrogen and oxygen atoms in total. The molecule has 0 fully saturated rings. The molecule has 0 atom stereocenters. The van der Waals surface area contributed by atoms with Gasteiger partial charge in [-0.25, -0.2) is 0 Å². The molecular weight excluding hydrogens is 356 g/mol. The normalized spacial score (nSPS) is 9.96. The summed E-state index contributed by atoms with van der Waals surface area (Å²) in [4.78, 5) is 25.6. The van der Waals surface area contributed by atoms with Crippen LogP contribution in [0.1, 0.15) is 0 Å². The van der Waals surface area contributed by atoms with Crippen LogP contribution in [0.25, 0.3) is 32.7 Å². The number of phosphoric acid groups is 1. The van der Waals surface area contributed by atoms with E-state index in [0.29, 0.717) is 0 Å². The van der Waals surface area contributed by atoms with Crippen molar-refractivity contribution in [3.63, 3.8) is 0 Å². The molecule has 8 heteroatoms. The summed E-state index contributed by atoms with van der Waals surface area (Å²) in [6.07, 6.45) is 0. The maximum absolute atomic E-state index is 8.55. The van der Waals surface area contributed by atoms with E-state index in [1.165, 1.54) is 32.7 Å². The van der Waals surface area contributed by atoms with Crippen LogP contribution >= 0.6 is 7.82 Å². The van der Waals surface area contributed by atoms with E-state index in [4.69, 9.17) is 19.2 Å². The summed E-state index contributed by atoms with van der Waals surface area (Å²) in [5.41, 5.74) is 2.61. The van der Waals surface area contributed by atoms with Crippen LogP contribution < -0.4 is 71.3 Å². The summed E-state index contributed by atoms with van der Waals surface area (Å²) in [5.74, 6) is 0. The second kappa shape index (κ2) is 12.1. The summed E-state index contributed by atoms with van der Waals surface area (Å²) in [6, 6.07) is 30.2. The van der Waals surface area contributed by atoms with Gasteiger partial charge in [-0.2, -0.15) is 7.82 Å². The summed E-state index contributed by atoms with van der Waals surface area (Å²) in [5, 5.41) is 5.20. The molecule has 0 unspecified atom stereocenters. The molecule has 0 heterocycles. The zero-order valence-electron chi connectivity index (χ0n) is 16.2. The molecule has 4 aromatic rings. The Morgan fingerprint density at radius 3 is 1.14 bits per heavy atom. The van der Waals surface area contributed by atoms with Crippen molar-refractivity contribution in [3.05, 3.63) is 84.9 Å². The fourth-order valence-electron chi connectivity index (χ4n) is 2.92. The maximum Gasteiger partial charge on any atom is 1.00 e. The van der Waals surface area contributed by atoms with E-state index in [0.717, 1.165) is 0 Å². The summed E-state index contributed by atoms with van der Waals surface area (Å²) >= 11 is 0. The Morgan fingerprint density at radius 2 is 0.786 bits per heavy atom. The van der Waals surface area contributed by atoms with Gasteiger partial charge in [0.2, 0.25) is 0 Å². The monoisotopic (exact) mass is 370 g/mol. The number of benzene rings is 4. The van der Waals surface area contributed by atoms with E-state index >= 15 is 0 Å². The van der Waals surface area contributed by atoms with Gasteiger partial charge in [-0.3, -0.25) is 0 Å². The topological polar surface area (TPSA) is 86.2 Å². The van der Waals surface area contributed by atoms with Gasteiger partial charge in [-0.1, -0.05) is 84.9 Å². The minimum absolute atomic E-state index is 0. The van der Waals surface area contributed by atoms with Crippen molar-refractivity contribution in [2.75, 3.05) is 0 Å². The molecule has 0 spiro atoms. The molecular formula is C20H14Li3O4P. The third-order valence-corrected chi connectivity index (χ3v) is 3.87. The molecule has 28 heavy (non-hydrogen) atoms. The first kappa shape index (κ1) is 27.3. The Hall–Kier alpha value is -0.698. The van der Waals surface area contributed by atoms with Crippen molar-refractivity contribution in [2.45, 2.75) is 0 Å². The second-order valence-corrected chi connectivity index (χ2v) is 6.40. The minimum Gasteiger partial charge on any atom is -0.822 e. The largest absolute Gasteiger partial charge is 1.00 e. The second-order valence-electron chi connectivity index (χ2n) is 5.50. The molecule has 4 rings (SSSR count). The molecule has 0 aliphatic rings. The SMILES string of the molecule is O=P([O-])([O-])[O-].[Li+].[Li+].[Li+].c1ccc2c(-c3cccc4ccccc34)cccc2c1. The zero-order valence-corrected chi connectivity index (χ0v) is 17.1. The molecule has 0 bridgehead atoms. The van der Waals surface area contributed by atoms with Crippen LogP contribution in [0.2, 0.25) is 0 Å². The summed E-state index contributed by atoms with van der Waals surface area (Å²) in [7, 11) is -5.39. The molecule has 126 valence electrons. The average Bonchev–Trinajstić information content (AvgIpc) is 2.59. The predicted octanol–water partition coefficient (Wildman–Crippen LogP) is -6.15. The predicted molar refractivity (Wildman–Crippen MR) is 94.5 cm³/mol. The van der Waals surface area contributed by atoms with Crippen LogP contribution in [0.3, 0.4) is 0 Å². The van der Waals surface area contributed by atoms with Gasteiger partial charge < -0.3 is 19.2 Å². The number of rotatable bonds is 1. The molecule has 4 aromatic carbocycles. The zero-order chi connectivity index (χ0) is 17.9. The Balaban J connectivity index is 0.000000823. The fourth-order valence-corrected chi connectivity index (χ4v) is 2.92. The quantitative estimate of drug-likeness (QED) is 0.247. The Morgan fingerprint density at radius 1 is 0.500 bits per heavy atom. The molecule has 0 radical (unpaired) electrons. The van der Waals surface area contributed by atoms with E-state index in [1.54, 1.807) is 0 Å². The first-order chi connectivity index (χ1) is 11.9. The molecule has 0 N–H and O–H groups in total. The number of hydrogen-bond acceptors (Lipinski definition) is 4. The van der Waals surface area contributed by atoms with Crippen LogP contribution in [0.4, 0.5) is 0 Å². The first-order valence-corrected chi connectivity index (χ1v) is 9.08. The fraction of sp³-hybridized carbons (Fsp3) is 0. The van der Waals surface area contributed by atoms with Crippen molar-refractivity contribution in [1.29, 1.82) is 0 Å². The minimum atomic E-state index is -5.39. The Labute approximate surface area is 200 Å². The molecule has 0 aliphatic heterocycles. The van der Waals surface area contributed by atoms with Gasteiger partial charge in [-0.15, -0.1) is 0 Å². The maximum atomic E-state index is 8.55. The average molecular weight is 370 g/mol. The van der Waals surface area contributed by atoms with Crippen molar-refractivity contribution < 1.29 is 75.8 Å². The smallest absolute Gasteiger partial charge is 0.822 e. The van der Waals surface area contributed by atoms with Crippen molar-refractivity contribution in [1.82, 2.24) is 0 Å². The first-order valence-electron chi connectivity index (χ1n) is 7.62. The van der Waals surface area contributed by atoms with Crippen LogP contribution in [0.5, 0.6) is 0 Å². The Bertz CT molecular complexity index is 987. The van der Waals surface area contributed by atoms with Gasteiger partial charge in [0, 0.05) is 0 Å². The van der Waals surface area contributed by atoms with Crippen LogP contribution in [-0.2, 0) is 4.57 Å². The van der Waals surface area contributed by atoms with Gasteiger partial charge in [-0.05, 0) is 32.7 Å². The van der Waals surface area contributed by atoms with Crippen LogP contribution in [-0.4, -0.2) is 0 Å². The van der Waals surface area contributed by atoms with Crippen LogP contribution in [0.15, 0.2) is 84.9 Å². The van der Waals surface area contributed by atoms with Gasteiger partial charge in [0.25, 0.3) is 0 Å². The van der Waals surface area contributed by atoms with E-state index in [2.05, 4.69) is 84.9 Å². The van der Waals surface area contributed by atoms with E-state index in [-0.39, 0.29) is 56.6 Å². The molecule has 0 saturated heterocycles. The standard InChI is InChI=1S/C20H14.3Li.H3O4P/c1-3-11-17-15(7-1)9-5-13-19(17)20-14-6-10-16-8-2-4-12-18(16)20;;;;1-5(2,3)4/h1-14H;;;;(H3,1,2,3,4)/q;3*+1;/p-3. The Kier molecular flexibility index (Phi) is 11.8. The van der Waals surface area contributed by atoms with Gasteiger partial charge in [0.1, 0.15) is 0 Å². The van der Waals surface area contributed by atoms with Gasteiger partial charge in [0.15, 0.2) is 0 Å². The molecule has 0 saturated carbocycles.